The molecule has 0 aliphatic carbocycles. The molecule has 1 aromatic heterocycles. The van der Waals surface area contributed by atoms with Crippen LogP contribution in [0.5, 0.6) is 5.75 Å². The van der Waals surface area contributed by atoms with Crippen molar-refractivity contribution in [3.8, 4) is 16.9 Å². The second-order valence-corrected chi connectivity index (χ2v) is 8.68. The van der Waals surface area contributed by atoms with Crippen LogP contribution in [0.3, 0.4) is 0 Å². The number of aromatic nitrogens is 1. The van der Waals surface area contributed by atoms with Gasteiger partial charge in [0.15, 0.2) is 0 Å². The van der Waals surface area contributed by atoms with Crippen molar-refractivity contribution in [2.24, 2.45) is 0 Å². The Morgan fingerprint density at radius 3 is 2.56 bits per heavy atom. The summed E-state index contributed by atoms with van der Waals surface area (Å²) >= 11 is 0. The molecule has 0 radical (unpaired) electrons. The standard InChI is InChI=1S/C26H26N2O3.C4H8O/c1-3-31-25-10-5-4-9-23(25)19-11-12-24-21(16-19)17-20(26(29)30-2)13-15-28(24)18-22-8-6-7-14-27-22;1-2-4-5-3-1/h4-12,14,16-17H,3,13,15,18H2,1-2H3;1-4H2. The fourth-order valence-electron chi connectivity index (χ4n) is 4.40. The largest absolute Gasteiger partial charge is 0.493 e. The number of hydrogen-bond donors (Lipinski definition) is 0. The van der Waals surface area contributed by atoms with Crippen LogP contribution in [0.1, 0.15) is 37.4 Å². The molecule has 0 atom stereocenters. The minimum atomic E-state index is -0.286. The smallest absolute Gasteiger partial charge is 0.333 e. The van der Waals surface area contributed by atoms with Crippen LogP contribution in [0.4, 0.5) is 5.69 Å². The summed E-state index contributed by atoms with van der Waals surface area (Å²) in [6.45, 7) is 5.96. The fraction of sp³-hybridized carbons (Fsp3) is 0.333. The summed E-state index contributed by atoms with van der Waals surface area (Å²) in [4.78, 5) is 19.1. The number of rotatable bonds is 6. The molecule has 6 heteroatoms. The second-order valence-electron chi connectivity index (χ2n) is 8.68. The van der Waals surface area contributed by atoms with Gasteiger partial charge in [0.25, 0.3) is 0 Å². The van der Waals surface area contributed by atoms with E-state index >= 15 is 0 Å². The van der Waals surface area contributed by atoms with Gasteiger partial charge in [0.1, 0.15) is 5.75 Å². The molecule has 5 rings (SSSR count). The van der Waals surface area contributed by atoms with E-state index in [2.05, 4.69) is 34.1 Å². The quantitative estimate of drug-likeness (QED) is 0.404. The van der Waals surface area contributed by atoms with E-state index in [0.717, 1.165) is 47.0 Å². The van der Waals surface area contributed by atoms with Crippen molar-refractivity contribution in [1.82, 2.24) is 4.98 Å². The van der Waals surface area contributed by atoms with Crippen molar-refractivity contribution < 1.29 is 19.0 Å². The van der Waals surface area contributed by atoms with E-state index in [1.54, 1.807) is 6.20 Å². The lowest BCUT2D eigenvalue weighted by atomic mass is 9.99. The normalized spacial score (nSPS) is 14.6. The molecular formula is C30H34N2O4. The van der Waals surface area contributed by atoms with E-state index in [0.29, 0.717) is 31.7 Å². The molecule has 3 aromatic rings. The van der Waals surface area contributed by atoms with Crippen LogP contribution in [0.2, 0.25) is 0 Å². The van der Waals surface area contributed by atoms with Crippen LogP contribution < -0.4 is 9.64 Å². The predicted molar refractivity (Wildman–Crippen MR) is 143 cm³/mol. The number of esters is 1. The summed E-state index contributed by atoms with van der Waals surface area (Å²) in [6, 6.07) is 20.3. The van der Waals surface area contributed by atoms with Gasteiger partial charge in [-0.25, -0.2) is 4.79 Å². The van der Waals surface area contributed by atoms with Crippen molar-refractivity contribution >= 4 is 17.7 Å². The Morgan fingerprint density at radius 2 is 1.86 bits per heavy atom. The molecule has 0 amide bonds. The van der Waals surface area contributed by atoms with Crippen molar-refractivity contribution in [3.05, 3.63) is 83.7 Å². The Balaban J connectivity index is 0.000000543. The van der Waals surface area contributed by atoms with Crippen LogP contribution in [-0.2, 0) is 20.8 Å². The molecule has 1 saturated heterocycles. The molecular weight excluding hydrogens is 452 g/mol. The van der Waals surface area contributed by atoms with Gasteiger partial charge in [0.2, 0.25) is 0 Å². The van der Waals surface area contributed by atoms with Crippen molar-refractivity contribution in [2.45, 2.75) is 32.7 Å². The highest BCUT2D eigenvalue weighted by Crippen LogP contribution is 2.36. The predicted octanol–water partition coefficient (Wildman–Crippen LogP) is 5.91. The zero-order chi connectivity index (χ0) is 25.2. The number of nitrogens with zero attached hydrogens (tertiary/aromatic N) is 2. The molecule has 0 bridgehead atoms. The number of pyridine rings is 1. The average Bonchev–Trinajstić information content (AvgIpc) is 3.46. The number of benzene rings is 2. The fourth-order valence-corrected chi connectivity index (χ4v) is 4.40. The lowest BCUT2D eigenvalue weighted by molar-refractivity contribution is -0.136. The molecule has 0 spiro atoms. The van der Waals surface area contributed by atoms with E-state index in [-0.39, 0.29) is 5.97 Å². The van der Waals surface area contributed by atoms with Crippen molar-refractivity contribution in [3.63, 3.8) is 0 Å². The highest BCUT2D eigenvalue weighted by Gasteiger charge is 2.21. The molecule has 1 fully saturated rings. The van der Waals surface area contributed by atoms with Gasteiger partial charge in [-0.3, -0.25) is 4.98 Å². The Bertz CT molecular complexity index is 1160. The number of hydrogen-bond acceptors (Lipinski definition) is 6. The Kier molecular flexibility index (Phi) is 9.11. The zero-order valence-electron chi connectivity index (χ0n) is 21.1. The van der Waals surface area contributed by atoms with Crippen LogP contribution in [-0.4, -0.2) is 44.4 Å². The van der Waals surface area contributed by atoms with E-state index < -0.39 is 0 Å². The van der Waals surface area contributed by atoms with Crippen LogP contribution in [0, 0.1) is 0 Å². The maximum atomic E-state index is 12.3. The Hall–Kier alpha value is -3.64. The number of ether oxygens (including phenoxy) is 3. The van der Waals surface area contributed by atoms with Crippen LogP contribution >= 0.6 is 0 Å². The summed E-state index contributed by atoms with van der Waals surface area (Å²) in [6.07, 6.45) is 6.92. The molecule has 3 heterocycles. The number of methoxy groups -OCH3 is 1. The minimum absolute atomic E-state index is 0.286. The summed E-state index contributed by atoms with van der Waals surface area (Å²) in [7, 11) is 1.43. The van der Waals surface area contributed by atoms with Gasteiger partial charge < -0.3 is 19.1 Å². The van der Waals surface area contributed by atoms with E-state index in [1.807, 2.05) is 49.4 Å². The average molecular weight is 487 g/mol. The summed E-state index contributed by atoms with van der Waals surface area (Å²) in [5.74, 6) is 0.562. The number of para-hydroxylation sites is 1. The number of carbonyl (C=O) groups excluding carboxylic acids is 1. The highest BCUT2D eigenvalue weighted by atomic mass is 16.5. The van der Waals surface area contributed by atoms with Gasteiger partial charge in [-0.2, -0.15) is 0 Å². The zero-order valence-corrected chi connectivity index (χ0v) is 21.1. The minimum Gasteiger partial charge on any atom is -0.493 e. The summed E-state index contributed by atoms with van der Waals surface area (Å²) in [5.41, 5.74) is 5.78. The molecule has 0 N–H and O–H groups in total. The first-order valence-corrected chi connectivity index (χ1v) is 12.6. The lowest BCUT2D eigenvalue weighted by Crippen LogP contribution is -2.25. The molecule has 2 aliphatic heterocycles. The number of carbonyl (C=O) groups is 1. The molecule has 36 heavy (non-hydrogen) atoms. The first kappa shape index (κ1) is 25.5. The molecule has 2 aromatic carbocycles. The molecule has 0 unspecified atom stereocenters. The number of anilines is 1. The first-order valence-electron chi connectivity index (χ1n) is 12.6. The number of fused-ring (bicyclic) bond motifs is 1. The van der Waals surface area contributed by atoms with Gasteiger partial charge in [-0.15, -0.1) is 0 Å². The van der Waals surface area contributed by atoms with Crippen molar-refractivity contribution in [2.75, 3.05) is 38.4 Å². The molecule has 2 aliphatic rings. The third-order valence-electron chi connectivity index (χ3n) is 6.20. The highest BCUT2D eigenvalue weighted by molar-refractivity contribution is 5.96. The van der Waals surface area contributed by atoms with E-state index in [1.165, 1.54) is 20.0 Å². The van der Waals surface area contributed by atoms with Gasteiger partial charge in [0.05, 0.1) is 26.0 Å². The third-order valence-corrected chi connectivity index (χ3v) is 6.20. The molecule has 6 nitrogen and oxygen atoms in total. The van der Waals surface area contributed by atoms with Crippen LogP contribution in [0.25, 0.3) is 17.2 Å². The Labute approximate surface area is 213 Å². The molecule has 0 saturated carbocycles. The SMILES string of the molecule is C1CCOC1.CCOc1ccccc1-c1ccc2c(c1)C=C(C(=O)OC)CCN2Cc1ccccn1. The van der Waals surface area contributed by atoms with Gasteiger partial charge in [-0.1, -0.05) is 30.3 Å². The van der Waals surface area contributed by atoms with Gasteiger partial charge >= 0.3 is 5.97 Å². The first-order chi connectivity index (χ1) is 17.7. The van der Waals surface area contributed by atoms with Crippen LogP contribution in [0.15, 0.2) is 72.4 Å². The maximum Gasteiger partial charge on any atom is 0.333 e. The van der Waals surface area contributed by atoms with E-state index in [9.17, 15) is 4.79 Å². The summed E-state index contributed by atoms with van der Waals surface area (Å²) < 4.78 is 15.8. The maximum absolute atomic E-state index is 12.3. The topological polar surface area (TPSA) is 60.9 Å². The van der Waals surface area contributed by atoms with Gasteiger partial charge in [0, 0.05) is 42.8 Å². The monoisotopic (exact) mass is 486 g/mol. The second kappa shape index (κ2) is 12.9. The van der Waals surface area contributed by atoms with Crippen molar-refractivity contribution in [1.29, 1.82) is 0 Å². The van der Waals surface area contributed by atoms with Gasteiger partial charge in [-0.05, 0) is 73.7 Å². The Morgan fingerprint density at radius 1 is 1.06 bits per heavy atom. The lowest BCUT2D eigenvalue weighted by Gasteiger charge is -2.25. The summed E-state index contributed by atoms with van der Waals surface area (Å²) in [5, 5.41) is 0. The van der Waals surface area contributed by atoms with E-state index in [4.69, 9.17) is 14.2 Å². The molecule has 188 valence electrons. The third kappa shape index (κ3) is 6.52.